The van der Waals surface area contributed by atoms with Crippen LogP contribution in [0.15, 0.2) is 47.0 Å². The molecule has 0 spiro atoms. The van der Waals surface area contributed by atoms with Gasteiger partial charge in [-0.2, -0.15) is 4.98 Å². The van der Waals surface area contributed by atoms with Gasteiger partial charge in [0.25, 0.3) is 11.6 Å². The Labute approximate surface area is 165 Å². The van der Waals surface area contributed by atoms with E-state index in [1.54, 1.807) is 50.4 Å². The third-order valence-electron chi connectivity index (χ3n) is 4.01. The minimum Gasteiger partial charge on any atom is -0.497 e. The van der Waals surface area contributed by atoms with E-state index in [-0.39, 0.29) is 23.7 Å². The monoisotopic (exact) mass is 398 g/mol. The second-order valence-electron chi connectivity index (χ2n) is 6.17. The average molecular weight is 398 g/mol. The van der Waals surface area contributed by atoms with Crippen LogP contribution in [0.3, 0.4) is 0 Å². The van der Waals surface area contributed by atoms with E-state index in [0.717, 1.165) is 0 Å². The normalized spacial score (nSPS) is 10.4. The lowest BCUT2D eigenvalue weighted by molar-refractivity contribution is -0.384. The number of nitro groups is 1. The molecule has 3 rings (SSSR count). The first-order valence-electron chi connectivity index (χ1n) is 8.49. The molecule has 0 bridgehead atoms. The van der Waals surface area contributed by atoms with Crippen molar-refractivity contribution < 1.29 is 23.7 Å². The molecule has 0 amide bonds. The number of methoxy groups -OCH3 is 1. The summed E-state index contributed by atoms with van der Waals surface area (Å²) in [6, 6.07) is 11.2. The zero-order valence-corrected chi connectivity index (χ0v) is 16.0. The Balaban J connectivity index is 1.70. The number of aromatic nitrogens is 2. The van der Waals surface area contributed by atoms with Crippen molar-refractivity contribution in [3.63, 3.8) is 0 Å². The van der Waals surface area contributed by atoms with Crippen molar-refractivity contribution in [1.29, 1.82) is 0 Å². The van der Waals surface area contributed by atoms with E-state index in [9.17, 15) is 14.9 Å². The van der Waals surface area contributed by atoms with Gasteiger partial charge in [0, 0.05) is 25.7 Å². The summed E-state index contributed by atoms with van der Waals surface area (Å²) < 4.78 is 15.4. The predicted molar refractivity (Wildman–Crippen MR) is 103 cm³/mol. The SMILES string of the molecule is COc1cccc(-c2noc(COC(=O)c3ccc(N(C)C)c([N+](=O)[O-])c3)n2)c1. The summed E-state index contributed by atoms with van der Waals surface area (Å²) in [4.78, 5) is 28.7. The Hall–Kier alpha value is -3.95. The van der Waals surface area contributed by atoms with E-state index in [1.807, 2.05) is 0 Å². The number of hydrogen-bond donors (Lipinski definition) is 0. The molecule has 0 aliphatic carbocycles. The second kappa shape index (κ2) is 8.38. The number of nitro benzene ring substituents is 1. The molecular formula is C19H18N4O6. The van der Waals surface area contributed by atoms with E-state index >= 15 is 0 Å². The Morgan fingerprint density at radius 1 is 1.24 bits per heavy atom. The molecular weight excluding hydrogens is 380 g/mol. The molecule has 29 heavy (non-hydrogen) atoms. The second-order valence-corrected chi connectivity index (χ2v) is 6.17. The lowest BCUT2D eigenvalue weighted by atomic mass is 10.1. The Kier molecular flexibility index (Phi) is 5.72. The third-order valence-corrected chi connectivity index (χ3v) is 4.01. The predicted octanol–water partition coefficient (Wildman–Crippen LogP) is 3.08. The summed E-state index contributed by atoms with van der Waals surface area (Å²) in [5.74, 6) is 0.319. The molecule has 1 aromatic heterocycles. The first kappa shape index (κ1) is 19.8. The first-order valence-corrected chi connectivity index (χ1v) is 8.49. The van der Waals surface area contributed by atoms with Gasteiger partial charge >= 0.3 is 5.97 Å². The third kappa shape index (κ3) is 4.49. The van der Waals surface area contributed by atoms with Gasteiger partial charge in [0.1, 0.15) is 11.4 Å². The number of carbonyl (C=O) groups excluding carboxylic acids is 1. The highest BCUT2D eigenvalue weighted by Gasteiger charge is 2.20. The molecule has 3 aromatic rings. The van der Waals surface area contributed by atoms with E-state index < -0.39 is 10.9 Å². The summed E-state index contributed by atoms with van der Waals surface area (Å²) in [5.41, 5.74) is 0.921. The van der Waals surface area contributed by atoms with Crippen LogP contribution in [0.2, 0.25) is 0 Å². The molecule has 0 aliphatic rings. The van der Waals surface area contributed by atoms with Gasteiger partial charge < -0.3 is 18.9 Å². The van der Waals surface area contributed by atoms with Crippen molar-refractivity contribution in [2.45, 2.75) is 6.61 Å². The van der Waals surface area contributed by atoms with E-state index in [2.05, 4.69) is 10.1 Å². The zero-order chi connectivity index (χ0) is 21.0. The molecule has 0 N–H and O–H groups in total. The number of benzene rings is 2. The summed E-state index contributed by atoms with van der Waals surface area (Å²) in [6.07, 6.45) is 0. The lowest BCUT2D eigenvalue weighted by Gasteiger charge is -2.13. The van der Waals surface area contributed by atoms with Crippen molar-refractivity contribution in [2.75, 3.05) is 26.1 Å². The van der Waals surface area contributed by atoms with Crippen molar-refractivity contribution in [3.05, 3.63) is 64.0 Å². The number of nitrogens with zero attached hydrogens (tertiary/aromatic N) is 4. The molecule has 10 heteroatoms. The fraction of sp³-hybridized carbons (Fsp3) is 0.211. The molecule has 0 unspecified atom stereocenters. The van der Waals surface area contributed by atoms with Gasteiger partial charge in [-0.05, 0) is 24.3 Å². The van der Waals surface area contributed by atoms with Crippen LogP contribution in [-0.4, -0.2) is 42.2 Å². The van der Waals surface area contributed by atoms with Crippen molar-refractivity contribution in [3.8, 4) is 17.1 Å². The highest BCUT2D eigenvalue weighted by Crippen LogP contribution is 2.28. The number of rotatable bonds is 7. The fourth-order valence-corrected chi connectivity index (χ4v) is 2.58. The van der Waals surface area contributed by atoms with Crippen LogP contribution in [0.4, 0.5) is 11.4 Å². The number of ether oxygens (including phenoxy) is 2. The molecule has 0 saturated heterocycles. The molecule has 1 heterocycles. The van der Waals surface area contributed by atoms with E-state index in [1.165, 1.54) is 18.2 Å². The Bertz CT molecular complexity index is 1050. The quantitative estimate of drug-likeness (QED) is 0.336. The van der Waals surface area contributed by atoms with Gasteiger partial charge in [0.15, 0.2) is 6.61 Å². The van der Waals surface area contributed by atoms with Gasteiger partial charge in [-0.15, -0.1) is 0 Å². The van der Waals surface area contributed by atoms with Crippen molar-refractivity contribution >= 4 is 17.3 Å². The number of esters is 1. The maximum Gasteiger partial charge on any atom is 0.338 e. The van der Waals surface area contributed by atoms with Crippen LogP contribution in [0.1, 0.15) is 16.2 Å². The van der Waals surface area contributed by atoms with Gasteiger partial charge in [-0.1, -0.05) is 17.3 Å². The van der Waals surface area contributed by atoms with Crippen molar-refractivity contribution in [2.24, 2.45) is 0 Å². The van der Waals surface area contributed by atoms with E-state index in [0.29, 0.717) is 22.8 Å². The minimum atomic E-state index is -0.737. The molecule has 10 nitrogen and oxygen atoms in total. The largest absolute Gasteiger partial charge is 0.497 e. The molecule has 150 valence electrons. The smallest absolute Gasteiger partial charge is 0.338 e. The Morgan fingerprint density at radius 3 is 2.72 bits per heavy atom. The lowest BCUT2D eigenvalue weighted by Crippen LogP contribution is -2.12. The van der Waals surface area contributed by atoms with Gasteiger partial charge in [0.05, 0.1) is 17.6 Å². The van der Waals surface area contributed by atoms with Crippen LogP contribution in [-0.2, 0) is 11.3 Å². The summed E-state index contributed by atoms with van der Waals surface area (Å²) in [7, 11) is 4.90. The molecule has 0 radical (unpaired) electrons. The highest BCUT2D eigenvalue weighted by atomic mass is 16.6. The van der Waals surface area contributed by atoms with Crippen molar-refractivity contribution in [1.82, 2.24) is 10.1 Å². The number of hydrogen-bond acceptors (Lipinski definition) is 9. The highest BCUT2D eigenvalue weighted by molar-refractivity contribution is 5.91. The minimum absolute atomic E-state index is 0.0508. The molecule has 0 atom stereocenters. The fourth-order valence-electron chi connectivity index (χ4n) is 2.58. The Morgan fingerprint density at radius 2 is 2.03 bits per heavy atom. The van der Waals surface area contributed by atoms with Crippen LogP contribution < -0.4 is 9.64 Å². The number of carbonyl (C=O) groups is 1. The summed E-state index contributed by atoms with van der Waals surface area (Å²) >= 11 is 0. The zero-order valence-electron chi connectivity index (χ0n) is 16.0. The first-order chi connectivity index (χ1) is 13.9. The molecule has 0 saturated carbocycles. The topological polar surface area (TPSA) is 121 Å². The van der Waals surface area contributed by atoms with Gasteiger partial charge in [0.2, 0.25) is 5.82 Å². The number of anilines is 1. The van der Waals surface area contributed by atoms with Crippen LogP contribution in [0, 0.1) is 10.1 Å². The standard InChI is InChI=1S/C19H18N4O6/c1-22(2)15-8-7-13(10-16(15)23(25)26)19(24)28-11-17-20-18(21-29-17)12-5-4-6-14(9-12)27-3/h4-10H,11H2,1-3H3. The molecule has 0 fully saturated rings. The van der Waals surface area contributed by atoms with E-state index in [4.69, 9.17) is 14.0 Å². The molecule has 0 aliphatic heterocycles. The van der Waals surface area contributed by atoms with Gasteiger partial charge in [-0.3, -0.25) is 10.1 Å². The molecule has 2 aromatic carbocycles. The summed E-state index contributed by atoms with van der Waals surface area (Å²) in [6.45, 7) is -0.265. The van der Waals surface area contributed by atoms with Crippen LogP contribution in [0.5, 0.6) is 5.75 Å². The van der Waals surface area contributed by atoms with Crippen LogP contribution in [0.25, 0.3) is 11.4 Å². The maximum absolute atomic E-state index is 12.3. The summed E-state index contributed by atoms with van der Waals surface area (Å²) in [5, 5.41) is 15.1. The average Bonchev–Trinajstić information content (AvgIpc) is 3.20. The van der Waals surface area contributed by atoms with Gasteiger partial charge in [-0.25, -0.2) is 4.79 Å². The van der Waals surface area contributed by atoms with Crippen LogP contribution >= 0.6 is 0 Å². The maximum atomic E-state index is 12.3.